The zero-order valence-corrected chi connectivity index (χ0v) is 10.5. The minimum absolute atomic E-state index is 0.0777. The van der Waals surface area contributed by atoms with Crippen LogP contribution in [0.2, 0.25) is 0 Å². The van der Waals surface area contributed by atoms with E-state index in [4.69, 9.17) is 0 Å². The summed E-state index contributed by atoms with van der Waals surface area (Å²) in [5.74, 6) is 0.686. The van der Waals surface area contributed by atoms with Gasteiger partial charge in [-0.05, 0) is 25.8 Å². The quantitative estimate of drug-likeness (QED) is 0.733. The molecule has 3 N–H and O–H groups in total. The minimum Gasteiger partial charge on any atom is -0.356 e. The molecule has 6 heteroatoms. The fourth-order valence-corrected chi connectivity index (χ4v) is 1.92. The molecular weight excluding hydrogens is 244 g/mol. The molecule has 0 aliphatic heterocycles. The molecule has 3 rings (SSSR count). The molecule has 0 saturated heterocycles. The molecule has 1 amide bonds. The fraction of sp³-hybridized carbons (Fsp3) is 0.308. The molecule has 1 aliphatic rings. The maximum absolute atomic E-state index is 11.9. The molecule has 1 fully saturated rings. The predicted molar refractivity (Wildman–Crippen MR) is 69.3 cm³/mol. The van der Waals surface area contributed by atoms with Gasteiger partial charge in [-0.1, -0.05) is 0 Å². The number of nitrogens with one attached hydrogen (secondary N) is 3. The lowest BCUT2D eigenvalue weighted by Gasteiger charge is -1.97. The molecule has 0 spiro atoms. The number of aromatic nitrogens is 3. The van der Waals surface area contributed by atoms with Gasteiger partial charge in [0.25, 0.3) is 5.91 Å². The Morgan fingerprint density at radius 2 is 2.16 bits per heavy atom. The van der Waals surface area contributed by atoms with E-state index in [1.54, 1.807) is 0 Å². The van der Waals surface area contributed by atoms with Crippen molar-refractivity contribution in [2.24, 2.45) is 0 Å². The number of ketones is 1. The predicted octanol–water partition coefficient (Wildman–Crippen LogP) is 2.07. The van der Waals surface area contributed by atoms with Crippen molar-refractivity contribution in [3.63, 3.8) is 0 Å². The third kappa shape index (κ3) is 2.42. The third-order valence-electron chi connectivity index (χ3n) is 3.19. The molecule has 2 heterocycles. The van der Waals surface area contributed by atoms with Gasteiger partial charge in [0.2, 0.25) is 0 Å². The van der Waals surface area contributed by atoms with Crippen LogP contribution < -0.4 is 5.32 Å². The van der Waals surface area contributed by atoms with Gasteiger partial charge in [-0.25, -0.2) is 0 Å². The summed E-state index contributed by atoms with van der Waals surface area (Å²) in [5.41, 5.74) is 1.90. The molecular formula is C13H14N4O2. The Kier molecular flexibility index (Phi) is 2.70. The molecule has 0 atom stereocenters. The highest BCUT2D eigenvalue weighted by molar-refractivity contribution is 6.04. The van der Waals surface area contributed by atoms with E-state index in [9.17, 15) is 9.59 Å². The summed E-state index contributed by atoms with van der Waals surface area (Å²) in [6.07, 6.45) is 3.87. The van der Waals surface area contributed by atoms with E-state index in [-0.39, 0.29) is 11.7 Å². The van der Waals surface area contributed by atoms with Crippen molar-refractivity contribution in [1.82, 2.24) is 15.2 Å². The highest BCUT2D eigenvalue weighted by Gasteiger charge is 2.25. The summed E-state index contributed by atoms with van der Waals surface area (Å²) >= 11 is 0. The number of rotatable bonds is 4. The van der Waals surface area contributed by atoms with Crippen LogP contribution in [0, 0.1) is 0 Å². The van der Waals surface area contributed by atoms with Gasteiger partial charge in [-0.2, -0.15) is 5.10 Å². The van der Waals surface area contributed by atoms with E-state index in [0.717, 1.165) is 5.69 Å². The first-order chi connectivity index (χ1) is 9.13. The van der Waals surface area contributed by atoms with Crippen LogP contribution in [0.25, 0.3) is 0 Å². The third-order valence-corrected chi connectivity index (χ3v) is 3.19. The van der Waals surface area contributed by atoms with Crippen molar-refractivity contribution < 1.29 is 9.59 Å². The van der Waals surface area contributed by atoms with Gasteiger partial charge in [0, 0.05) is 29.4 Å². The first kappa shape index (κ1) is 11.7. The number of aromatic amines is 2. The van der Waals surface area contributed by atoms with Crippen LogP contribution in [0.1, 0.15) is 52.2 Å². The molecule has 19 heavy (non-hydrogen) atoms. The number of hydrogen-bond acceptors (Lipinski definition) is 3. The standard InChI is InChI=1S/C13H14N4O2/c1-7(18)9-4-11(14-6-9)13(19)15-12-5-10(16-17-12)8-2-3-8/h4-6,8,14H,2-3H2,1H3,(H2,15,16,17,19). The van der Waals surface area contributed by atoms with Crippen LogP contribution in [-0.4, -0.2) is 26.9 Å². The number of nitrogens with zero attached hydrogens (tertiary/aromatic N) is 1. The largest absolute Gasteiger partial charge is 0.356 e. The second kappa shape index (κ2) is 4.38. The molecule has 0 radical (unpaired) electrons. The highest BCUT2D eigenvalue weighted by Crippen LogP contribution is 2.39. The number of hydrogen-bond donors (Lipinski definition) is 3. The average Bonchev–Trinajstić information content (AvgIpc) is 2.92. The number of Topliss-reactive ketones (excluding diaryl/α,β-unsaturated/α-hetero) is 1. The van der Waals surface area contributed by atoms with Crippen LogP contribution in [-0.2, 0) is 0 Å². The monoisotopic (exact) mass is 258 g/mol. The van der Waals surface area contributed by atoms with Gasteiger partial charge in [0.05, 0.1) is 0 Å². The van der Waals surface area contributed by atoms with Gasteiger partial charge < -0.3 is 10.3 Å². The SMILES string of the molecule is CC(=O)c1c[nH]c(C(=O)Nc2cc(C3CC3)[nH]n2)c1. The molecule has 0 aromatic carbocycles. The van der Waals surface area contributed by atoms with Gasteiger partial charge in [-0.3, -0.25) is 14.7 Å². The molecule has 6 nitrogen and oxygen atoms in total. The van der Waals surface area contributed by atoms with Crippen molar-refractivity contribution in [2.45, 2.75) is 25.7 Å². The summed E-state index contributed by atoms with van der Waals surface area (Å²) in [6.45, 7) is 1.46. The van der Waals surface area contributed by atoms with Crippen molar-refractivity contribution in [3.05, 3.63) is 35.3 Å². The summed E-state index contributed by atoms with van der Waals surface area (Å²) in [5, 5.41) is 9.66. The van der Waals surface area contributed by atoms with Crippen LogP contribution in [0.5, 0.6) is 0 Å². The second-order valence-corrected chi connectivity index (χ2v) is 4.80. The fourth-order valence-electron chi connectivity index (χ4n) is 1.92. The van der Waals surface area contributed by atoms with Crippen LogP contribution in [0.15, 0.2) is 18.3 Å². The Hall–Kier alpha value is -2.37. The van der Waals surface area contributed by atoms with Gasteiger partial charge in [0.15, 0.2) is 11.6 Å². The number of carbonyl (C=O) groups is 2. The van der Waals surface area contributed by atoms with Gasteiger partial charge >= 0.3 is 0 Å². The van der Waals surface area contributed by atoms with Crippen molar-refractivity contribution in [2.75, 3.05) is 5.32 Å². The van der Waals surface area contributed by atoms with Crippen LogP contribution in [0.4, 0.5) is 5.82 Å². The first-order valence-corrected chi connectivity index (χ1v) is 6.19. The topological polar surface area (TPSA) is 90.6 Å². The Morgan fingerprint density at radius 1 is 1.37 bits per heavy atom. The second-order valence-electron chi connectivity index (χ2n) is 4.80. The van der Waals surface area contributed by atoms with Crippen molar-refractivity contribution in [3.8, 4) is 0 Å². The van der Waals surface area contributed by atoms with E-state index in [2.05, 4.69) is 20.5 Å². The maximum atomic E-state index is 11.9. The van der Waals surface area contributed by atoms with Crippen LogP contribution in [0.3, 0.4) is 0 Å². The number of carbonyl (C=O) groups excluding carboxylic acids is 2. The Morgan fingerprint density at radius 3 is 2.79 bits per heavy atom. The van der Waals surface area contributed by atoms with Crippen molar-refractivity contribution in [1.29, 1.82) is 0 Å². The van der Waals surface area contributed by atoms with Crippen LogP contribution >= 0.6 is 0 Å². The summed E-state index contributed by atoms with van der Waals surface area (Å²) in [4.78, 5) is 25.9. The zero-order valence-electron chi connectivity index (χ0n) is 10.5. The Balaban J connectivity index is 1.70. The van der Waals surface area contributed by atoms with E-state index in [1.165, 1.54) is 32.0 Å². The van der Waals surface area contributed by atoms with E-state index < -0.39 is 0 Å². The molecule has 0 unspecified atom stereocenters. The smallest absolute Gasteiger partial charge is 0.273 e. The number of anilines is 1. The zero-order chi connectivity index (χ0) is 13.4. The lowest BCUT2D eigenvalue weighted by Crippen LogP contribution is -2.12. The van der Waals surface area contributed by atoms with Crippen molar-refractivity contribution >= 4 is 17.5 Å². The lowest BCUT2D eigenvalue weighted by molar-refractivity contribution is 0.101. The Labute approximate surface area is 109 Å². The maximum Gasteiger partial charge on any atom is 0.273 e. The highest BCUT2D eigenvalue weighted by atomic mass is 16.2. The van der Waals surface area contributed by atoms with E-state index >= 15 is 0 Å². The van der Waals surface area contributed by atoms with Gasteiger partial charge in [0.1, 0.15) is 5.69 Å². The molecule has 2 aromatic rings. The molecule has 1 aliphatic carbocycles. The summed E-state index contributed by atoms with van der Waals surface area (Å²) < 4.78 is 0. The normalized spacial score (nSPS) is 14.4. The Bertz CT molecular complexity index is 637. The average molecular weight is 258 g/mol. The summed E-state index contributed by atoms with van der Waals surface area (Å²) in [6, 6.07) is 3.39. The number of amides is 1. The molecule has 1 saturated carbocycles. The lowest BCUT2D eigenvalue weighted by atomic mass is 10.2. The minimum atomic E-state index is -0.304. The van der Waals surface area contributed by atoms with E-state index in [0.29, 0.717) is 23.0 Å². The molecule has 98 valence electrons. The summed E-state index contributed by atoms with van der Waals surface area (Å²) in [7, 11) is 0. The first-order valence-electron chi connectivity index (χ1n) is 6.19. The molecule has 0 bridgehead atoms. The molecule has 2 aromatic heterocycles. The number of H-pyrrole nitrogens is 2. The van der Waals surface area contributed by atoms with Gasteiger partial charge in [-0.15, -0.1) is 0 Å². The van der Waals surface area contributed by atoms with E-state index in [1.807, 2.05) is 6.07 Å².